The van der Waals surface area contributed by atoms with Crippen LogP contribution in [0.3, 0.4) is 0 Å². The molecule has 0 saturated carbocycles. The van der Waals surface area contributed by atoms with Crippen molar-refractivity contribution >= 4 is 32.7 Å². The molecule has 1 fully saturated rings. The molecule has 1 saturated heterocycles. The summed E-state index contributed by atoms with van der Waals surface area (Å²) in [6, 6.07) is 3.84. The molecule has 6 heteroatoms. The van der Waals surface area contributed by atoms with Crippen molar-refractivity contribution < 1.29 is 5.11 Å². The molecule has 0 spiro atoms. The Kier molecular flexibility index (Phi) is 5.46. The zero-order valence-corrected chi connectivity index (χ0v) is 15.0. The van der Waals surface area contributed by atoms with Gasteiger partial charge in [-0.25, -0.2) is 0 Å². The molecule has 0 aliphatic carbocycles. The van der Waals surface area contributed by atoms with Crippen LogP contribution in [0.4, 0.5) is 5.69 Å². The minimum atomic E-state index is -0.387. The van der Waals surface area contributed by atoms with Gasteiger partial charge in [-0.1, -0.05) is 6.92 Å². The standard InChI is InChI=1S/C17H23BrN4O/c1-12-3-6-22(7-4-12)11-14(23)10-20-15-2-5-19-16-8-13(18)9-21-17(15)16/h2,5,8-9,12,14,23H,3-4,6-7,10-11H2,1H3,(H,19,20). The topological polar surface area (TPSA) is 61.3 Å². The number of β-amino-alcohol motifs (C(OH)–C–C–N with tert-alkyl or cyclic N) is 1. The van der Waals surface area contributed by atoms with Crippen LogP contribution < -0.4 is 5.32 Å². The number of piperidine rings is 1. The van der Waals surface area contributed by atoms with Crippen LogP contribution in [-0.4, -0.2) is 52.3 Å². The van der Waals surface area contributed by atoms with Crippen molar-refractivity contribution in [1.29, 1.82) is 0 Å². The summed E-state index contributed by atoms with van der Waals surface area (Å²) in [6.45, 7) is 5.72. The molecular formula is C17H23BrN4O. The number of pyridine rings is 2. The first-order valence-electron chi connectivity index (χ1n) is 8.16. The predicted molar refractivity (Wildman–Crippen MR) is 96.6 cm³/mol. The molecule has 124 valence electrons. The number of fused-ring (bicyclic) bond motifs is 1. The molecule has 1 atom stereocenters. The van der Waals surface area contributed by atoms with Gasteiger partial charge in [-0.05, 0) is 59.9 Å². The van der Waals surface area contributed by atoms with Crippen LogP contribution in [-0.2, 0) is 0 Å². The van der Waals surface area contributed by atoms with Gasteiger partial charge in [0, 0.05) is 30.0 Å². The fourth-order valence-corrected chi connectivity index (χ4v) is 3.30. The third-order valence-electron chi connectivity index (χ3n) is 4.42. The average molecular weight is 379 g/mol. The SMILES string of the molecule is CC1CCN(CC(O)CNc2ccnc3cc(Br)cnc23)CC1. The van der Waals surface area contributed by atoms with Gasteiger partial charge in [0.15, 0.2) is 0 Å². The van der Waals surface area contributed by atoms with Gasteiger partial charge in [-0.3, -0.25) is 9.97 Å². The number of anilines is 1. The second kappa shape index (κ2) is 7.55. The molecular weight excluding hydrogens is 356 g/mol. The van der Waals surface area contributed by atoms with E-state index in [-0.39, 0.29) is 6.10 Å². The monoisotopic (exact) mass is 378 g/mol. The quantitative estimate of drug-likeness (QED) is 0.837. The number of hydrogen-bond acceptors (Lipinski definition) is 5. The van der Waals surface area contributed by atoms with Crippen LogP contribution >= 0.6 is 15.9 Å². The van der Waals surface area contributed by atoms with E-state index in [2.05, 4.69) is 43.0 Å². The fraction of sp³-hybridized carbons (Fsp3) is 0.529. The first-order valence-corrected chi connectivity index (χ1v) is 8.95. The number of aromatic nitrogens is 2. The van der Waals surface area contributed by atoms with Crippen molar-refractivity contribution in [2.24, 2.45) is 5.92 Å². The zero-order valence-electron chi connectivity index (χ0n) is 13.4. The number of likely N-dealkylation sites (tertiary alicyclic amines) is 1. The summed E-state index contributed by atoms with van der Waals surface area (Å²) >= 11 is 3.41. The zero-order chi connectivity index (χ0) is 16.2. The molecule has 3 rings (SSSR count). The second-order valence-electron chi connectivity index (χ2n) is 6.40. The molecule has 0 amide bonds. The summed E-state index contributed by atoms with van der Waals surface area (Å²) in [7, 11) is 0. The molecule has 5 nitrogen and oxygen atoms in total. The van der Waals surface area contributed by atoms with Crippen molar-refractivity contribution in [1.82, 2.24) is 14.9 Å². The minimum absolute atomic E-state index is 0.387. The van der Waals surface area contributed by atoms with Crippen molar-refractivity contribution in [3.63, 3.8) is 0 Å². The number of nitrogens with zero attached hydrogens (tertiary/aromatic N) is 3. The molecule has 1 aliphatic heterocycles. The number of aliphatic hydroxyl groups is 1. The van der Waals surface area contributed by atoms with E-state index in [1.165, 1.54) is 12.8 Å². The van der Waals surface area contributed by atoms with E-state index < -0.39 is 0 Å². The van der Waals surface area contributed by atoms with Crippen LogP contribution in [0.5, 0.6) is 0 Å². The van der Waals surface area contributed by atoms with Crippen LogP contribution in [0.2, 0.25) is 0 Å². The van der Waals surface area contributed by atoms with Crippen LogP contribution in [0.15, 0.2) is 29.0 Å². The summed E-state index contributed by atoms with van der Waals surface area (Å²) in [4.78, 5) is 11.1. The number of rotatable bonds is 5. The molecule has 0 aromatic carbocycles. The summed E-state index contributed by atoms with van der Waals surface area (Å²) in [5, 5.41) is 13.6. The van der Waals surface area contributed by atoms with Gasteiger partial charge in [-0.15, -0.1) is 0 Å². The van der Waals surface area contributed by atoms with Crippen LogP contribution in [0.25, 0.3) is 11.0 Å². The highest BCUT2D eigenvalue weighted by molar-refractivity contribution is 9.10. The Morgan fingerprint density at radius 2 is 2.17 bits per heavy atom. The maximum absolute atomic E-state index is 10.3. The highest BCUT2D eigenvalue weighted by Gasteiger charge is 2.18. The van der Waals surface area contributed by atoms with Crippen LogP contribution in [0.1, 0.15) is 19.8 Å². The molecule has 2 N–H and O–H groups in total. The van der Waals surface area contributed by atoms with Gasteiger partial charge in [0.1, 0.15) is 5.52 Å². The van der Waals surface area contributed by atoms with Gasteiger partial charge in [0.25, 0.3) is 0 Å². The smallest absolute Gasteiger partial charge is 0.112 e. The van der Waals surface area contributed by atoms with E-state index in [0.717, 1.165) is 46.7 Å². The lowest BCUT2D eigenvalue weighted by molar-refractivity contribution is 0.0990. The Hall–Kier alpha value is -1.24. The molecule has 2 aromatic rings. The average Bonchev–Trinajstić information content (AvgIpc) is 2.54. The van der Waals surface area contributed by atoms with E-state index in [1.54, 1.807) is 12.4 Å². The first kappa shape index (κ1) is 16.6. The van der Waals surface area contributed by atoms with Gasteiger partial charge in [-0.2, -0.15) is 0 Å². The van der Waals surface area contributed by atoms with Gasteiger partial charge >= 0.3 is 0 Å². The fourth-order valence-electron chi connectivity index (χ4n) is 2.98. The third kappa shape index (κ3) is 4.40. The lowest BCUT2D eigenvalue weighted by Crippen LogP contribution is -2.40. The number of aliphatic hydroxyl groups excluding tert-OH is 1. The van der Waals surface area contributed by atoms with E-state index in [4.69, 9.17) is 0 Å². The molecule has 0 bridgehead atoms. The lowest BCUT2D eigenvalue weighted by atomic mass is 9.99. The molecule has 0 radical (unpaired) electrons. The second-order valence-corrected chi connectivity index (χ2v) is 7.31. The maximum Gasteiger partial charge on any atom is 0.112 e. The Morgan fingerprint density at radius 1 is 1.39 bits per heavy atom. The van der Waals surface area contributed by atoms with Crippen molar-refractivity contribution in [2.45, 2.75) is 25.9 Å². The van der Waals surface area contributed by atoms with E-state index in [0.29, 0.717) is 6.54 Å². The summed E-state index contributed by atoms with van der Waals surface area (Å²) in [5.74, 6) is 0.815. The number of hydrogen-bond donors (Lipinski definition) is 2. The van der Waals surface area contributed by atoms with E-state index in [1.807, 2.05) is 12.1 Å². The third-order valence-corrected chi connectivity index (χ3v) is 4.85. The molecule has 3 heterocycles. The Bertz CT molecular complexity index is 658. The van der Waals surface area contributed by atoms with E-state index >= 15 is 0 Å². The number of nitrogens with one attached hydrogen (secondary N) is 1. The predicted octanol–water partition coefficient (Wildman–Crippen LogP) is 2.90. The Balaban J connectivity index is 1.57. The lowest BCUT2D eigenvalue weighted by Gasteiger charge is -2.31. The molecule has 23 heavy (non-hydrogen) atoms. The van der Waals surface area contributed by atoms with Crippen LogP contribution in [0, 0.1) is 5.92 Å². The summed E-state index contributed by atoms with van der Waals surface area (Å²) in [6.07, 6.45) is 5.60. The minimum Gasteiger partial charge on any atom is -0.390 e. The molecule has 1 unspecified atom stereocenters. The van der Waals surface area contributed by atoms with Gasteiger partial charge in [0.2, 0.25) is 0 Å². The number of halogens is 1. The molecule has 1 aliphatic rings. The highest BCUT2D eigenvalue weighted by Crippen LogP contribution is 2.22. The van der Waals surface area contributed by atoms with Gasteiger partial charge in [0.05, 0.1) is 17.3 Å². The normalized spacial score (nSPS) is 18.2. The van der Waals surface area contributed by atoms with Gasteiger partial charge < -0.3 is 15.3 Å². The maximum atomic E-state index is 10.3. The van der Waals surface area contributed by atoms with Crippen molar-refractivity contribution in [3.8, 4) is 0 Å². The molecule has 2 aromatic heterocycles. The van der Waals surface area contributed by atoms with Crippen molar-refractivity contribution in [3.05, 3.63) is 29.0 Å². The van der Waals surface area contributed by atoms with Crippen molar-refractivity contribution in [2.75, 3.05) is 31.5 Å². The Labute approximate surface area is 145 Å². The first-order chi connectivity index (χ1) is 11.1. The van der Waals surface area contributed by atoms with E-state index in [9.17, 15) is 5.11 Å². The Morgan fingerprint density at radius 3 is 2.96 bits per heavy atom. The highest BCUT2D eigenvalue weighted by atomic mass is 79.9. The largest absolute Gasteiger partial charge is 0.390 e. The summed E-state index contributed by atoms with van der Waals surface area (Å²) < 4.78 is 0.911. The summed E-state index contributed by atoms with van der Waals surface area (Å²) in [5.41, 5.74) is 2.58.